The Hall–Kier alpha value is -2.86. The average molecular weight is 408 g/mol. The summed E-state index contributed by atoms with van der Waals surface area (Å²) in [5.41, 5.74) is 3.85. The monoisotopic (exact) mass is 407 g/mol. The topological polar surface area (TPSA) is 45.7 Å². The summed E-state index contributed by atoms with van der Waals surface area (Å²) in [7, 11) is 1.69. The number of amides is 1. The van der Waals surface area contributed by atoms with Crippen molar-refractivity contribution in [1.29, 1.82) is 0 Å². The number of hydrogen-bond donors (Lipinski definition) is 0. The first-order valence-electron chi connectivity index (χ1n) is 9.91. The fraction of sp³-hybridized carbons (Fsp3) is 0.304. The van der Waals surface area contributed by atoms with E-state index in [4.69, 9.17) is 4.74 Å². The van der Waals surface area contributed by atoms with Crippen molar-refractivity contribution in [3.8, 4) is 17.0 Å². The lowest BCUT2D eigenvalue weighted by Gasteiger charge is -2.36. The van der Waals surface area contributed by atoms with E-state index in [9.17, 15) is 4.79 Å². The smallest absolute Gasteiger partial charge is 0.253 e. The van der Waals surface area contributed by atoms with Crippen LogP contribution in [-0.4, -0.2) is 49.1 Å². The molecule has 150 valence electrons. The standard InChI is InChI=1S/C23H25N3O2S/c1-3-22-24-19(16-29-22)17-8-10-18(11-9-17)23(27)26-14-12-25(13-15-26)20-6-4-5-7-21(20)28-2/h4-11,16H,3,12-15H2,1-2H3. The zero-order valence-electron chi connectivity index (χ0n) is 16.8. The second-order valence-electron chi connectivity index (χ2n) is 7.01. The number of hydrogen-bond acceptors (Lipinski definition) is 5. The summed E-state index contributed by atoms with van der Waals surface area (Å²) >= 11 is 1.68. The lowest BCUT2D eigenvalue weighted by Crippen LogP contribution is -2.48. The number of aryl methyl sites for hydroxylation is 1. The Bertz CT molecular complexity index is 976. The number of methoxy groups -OCH3 is 1. The van der Waals surface area contributed by atoms with Gasteiger partial charge in [0.2, 0.25) is 0 Å². The van der Waals surface area contributed by atoms with E-state index in [1.54, 1.807) is 18.4 Å². The molecule has 0 atom stereocenters. The Morgan fingerprint density at radius 3 is 2.45 bits per heavy atom. The SMILES string of the molecule is CCc1nc(-c2ccc(C(=O)N3CCN(c4ccccc4OC)CC3)cc2)cs1. The number of thiazole rings is 1. The van der Waals surface area contributed by atoms with Gasteiger partial charge in [-0.3, -0.25) is 4.79 Å². The fourth-order valence-electron chi connectivity index (χ4n) is 3.61. The van der Waals surface area contributed by atoms with Crippen LogP contribution < -0.4 is 9.64 Å². The van der Waals surface area contributed by atoms with Crippen LogP contribution in [0.3, 0.4) is 0 Å². The normalized spacial score (nSPS) is 14.1. The molecule has 1 aromatic heterocycles. The number of anilines is 1. The molecule has 1 fully saturated rings. The summed E-state index contributed by atoms with van der Waals surface area (Å²) < 4.78 is 5.47. The maximum Gasteiger partial charge on any atom is 0.253 e. The van der Waals surface area contributed by atoms with Gasteiger partial charge in [-0.1, -0.05) is 31.2 Å². The van der Waals surface area contributed by atoms with Gasteiger partial charge in [0.25, 0.3) is 5.91 Å². The average Bonchev–Trinajstić information content (AvgIpc) is 3.28. The van der Waals surface area contributed by atoms with Gasteiger partial charge in [0, 0.05) is 42.7 Å². The highest BCUT2D eigenvalue weighted by molar-refractivity contribution is 7.09. The Balaban J connectivity index is 1.40. The summed E-state index contributed by atoms with van der Waals surface area (Å²) in [6, 6.07) is 15.8. The van der Waals surface area contributed by atoms with E-state index in [0.717, 1.165) is 52.8 Å². The lowest BCUT2D eigenvalue weighted by molar-refractivity contribution is 0.0746. The van der Waals surface area contributed by atoms with E-state index < -0.39 is 0 Å². The number of rotatable bonds is 5. The number of aromatic nitrogens is 1. The van der Waals surface area contributed by atoms with Crippen LogP contribution in [0.2, 0.25) is 0 Å². The minimum absolute atomic E-state index is 0.0868. The molecule has 1 aliphatic heterocycles. The maximum absolute atomic E-state index is 12.9. The van der Waals surface area contributed by atoms with Gasteiger partial charge < -0.3 is 14.5 Å². The predicted molar refractivity (Wildman–Crippen MR) is 118 cm³/mol. The van der Waals surface area contributed by atoms with Crippen LogP contribution in [0.1, 0.15) is 22.3 Å². The molecule has 1 aliphatic rings. The van der Waals surface area contributed by atoms with Crippen molar-refractivity contribution in [1.82, 2.24) is 9.88 Å². The third-order valence-electron chi connectivity index (χ3n) is 5.27. The highest BCUT2D eigenvalue weighted by atomic mass is 32.1. The van der Waals surface area contributed by atoms with Gasteiger partial charge in [-0.05, 0) is 30.7 Å². The van der Waals surface area contributed by atoms with Crippen molar-refractivity contribution in [2.45, 2.75) is 13.3 Å². The van der Waals surface area contributed by atoms with E-state index in [0.29, 0.717) is 13.1 Å². The van der Waals surface area contributed by atoms with Crippen LogP contribution in [0.15, 0.2) is 53.9 Å². The van der Waals surface area contributed by atoms with E-state index in [-0.39, 0.29) is 5.91 Å². The molecule has 5 nitrogen and oxygen atoms in total. The Labute approximate surface area is 175 Å². The molecule has 2 aromatic carbocycles. The summed E-state index contributed by atoms with van der Waals surface area (Å²) in [5, 5.41) is 3.21. The number of benzene rings is 2. The molecule has 3 aromatic rings. The van der Waals surface area contributed by atoms with Crippen molar-refractivity contribution >= 4 is 22.9 Å². The van der Waals surface area contributed by atoms with Gasteiger partial charge >= 0.3 is 0 Å². The molecule has 0 radical (unpaired) electrons. The van der Waals surface area contributed by atoms with Crippen molar-refractivity contribution in [3.63, 3.8) is 0 Å². The number of ether oxygens (including phenoxy) is 1. The molecular weight excluding hydrogens is 382 g/mol. The first kappa shape index (κ1) is 19.5. The lowest BCUT2D eigenvalue weighted by atomic mass is 10.1. The van der Waals surface area contributed by atoms with Gasteiger partial charge in [-0.2, -0.15) is 0 Å². The van der Waals surface area contributed by atoms with Gasteiger partial charge in [0.05, 0.1) is 23.5 Å². The molecule has 1 amide bonds. The number of para-hydroxylation sites is 2. The van der Waals surface area contributed by atoms with Gasteiger partial charge in [0.1, 0.15) is 5.75 Å². The number of piperazine rings is 1. The highest BCUT2D eigenvalue weighted by Crippen LogP contribution is 2.29. The second-order valence-corrected chi connectivity index (χ2v) is 7.95. The molecule has 0 spiro atoms. The summed E-state index contributed by atoms with van der Waals surface area (Å²) in [5.74, 6) is 0.958. The summed E-state index contributed by atoms with van der Waals surface area (Å²) in [6.07, 6.45) is 0.946. The van der Waals surface area contributed by atoms with Crippen molar-refractivity contribution in [2.24, 2.45) is 0 Å². The molecule has 0 bridgehead atoms. The summed E-state index contributed by atoms with van der Waals surface area (Å²) in [4.78, 5) is 21.8. The molecule has 2 heterocycles. The fourth-order valence-corrected chi connectivity index (χ4v) is 4.37. The first-order chi connectivity index (χ1) is 14.2. The third kappa shape index (κ3) is 4.12. The van der Waals surface area contributed by atoms with Crippen LogP contribution in [-0.2, 0) is 6.42 Å². The van der Waals surface area contributed by atoms with Gasteiger partial charge in [-0.25, -0.2) is 4.98 Å². The Morgan fingerprint density at radius 1 is 1.07 bits per heavy atom. The van der Waals surface area contributed by atoms with Crippen LogP contribution in [0.5, 0.6) is 5.75 Å². The molecule has 0 saturated carbocycles. The largest absolute Gasteiger partial charge is 0.495 e. The van der Waals surface area contributed by atoms with Crippen LogP contribution in [0.4, 0.5) is 5.69 Å². The van der Waals surface area contributed by atoms with E-state index in [1.165, 1.54) is 0 Å². The number of carbonyl (C=O) groups is 1. The molecule has 4 rings (SSSR count). The Kier molecular flexibility index (Phi) is 5.81. The molecule has 0 aliphatic carbocycles. The van der Waals surface area contributed by atoms with Crippen molar-refractivity contribution in [3.05, 3.63) is 64.5 Å². The molecule has 6 heteroatoms. The quantitative estimate of drug-likeness (QED) is 0.631. The minimum atomic E-state index is 0.0868. The van der Waals surface area contributed by atoms with Crippen LogP contribution >= 0.6 is 11.3 Å². The summed E-state index contributed by atoms with van der Waals surface area (Å²) in [6.45, 7) is 5.10. The van der Waals surface area contributed by atoms with Crippen LogP contribution in [0, 0.1) is 0 Å². The first-order valence-corrected chi connectivity index (χ1v) is 10.8. The van der Waals surface area contributed by atoms with Crippen molar-refractivity contribution < 1.29 is 9.53 Å². The minimum Gasteiger partial charge on any atom is -0.495 e. The van der Waals surface area contributed by atoms with E-state index in [1.807, 2.05) is 47.4 Å². The van der Waals surface area contributed by atoms with Crippen LogP contribution in [0.25, 0.3) is 11.3 Å². The zero-order chi connectivity index (χ0) is 20.2. The van der Waals surface area contributed by atoms with Gasteiger partial charge in [-0.15, -0.1) is 11.3 Å². The van der Waals surface area contributed by atoms with E-state index >= 15 is 0 Å². The molecule has 1 saturated heterocycles. The number of nitrogens with zero attached hydrogens (tertiary/aromatic N) is 3. The molecule has 29 heavy (non-hydrogen) atoms. The zero-order valence-corrected chi connectivity index (χ0v) is 17.6. The molecule has 0 unspecified atom stereocenters. The number of carbonyl (C=O) groups excluding carboxylic acids is 1. The van der Waals surface area contributed by atoms with Gasteiger partial charge in [0.15, 0.2) is 0 Å². The second kappa shape index (κ2) is 8.66. The maximum atomic E-state index is 12.9. The molecule has 0 N–H and O–H groups in total. The third-order valence-corrected chi connectivity index (χ3v) is 6.27. The highest BCUT2D eigenvalue weighted by Gasteiger charge is 2.23. The van der Waals surface area contributed by atoms with E-state index in [2.05, 4.69) is 28.3 Å². The Morgan fingerprint density at radius 2 is 1.79 bits per heavy atom. The predicted octanol–water partition coefficient (Wildman–Crippen LogP) is 4.34. The molecular formula is C23H25N3O2S. The van der Waals surface area contributed by atoms with Crippen molar-refractivity contribution in [2.75, 3.05) is 38.2 Å².